The van der Waals surface area contributed by atoms with Gasteiger partial charge in [-0.15, -0.1) is 11.3 Å². The van der Waals surface area contributed by atoms with E-state index in [-0.39, 0.29) is 5.91 Å². The molecule has 3 aromatic rings. The lowest BCUT2D eigenvalue weighted by Crippen LogP contribution is -2.50. The number of rotatable bonds is 8. The number of nitrogens with zero attached hydrogens (tertiary/aromatic N) is 1. The van der Waals surface area contributed by atoms with Gasteiger partial charge in [0.25, 0.3) is 0 Å². The van der Waals surface area contributed by atoms with Crippen LogP contribution in [-0.2, 0) is 16.0 Å². The molecule has 2 heterocycles. The number of nitrogens with one attached hydrogen (secondary N) is 3. The number of thiophene rings is 1. The topological polar surface area (TPSA) is 92.3 Å². The minimum Gasteiger partial charge on any atom is -0.444 e. The maximum atomic E-state index is 12.7. The Kier molecular flexibility index (Phi) is 7.28. The summed E-state index contributed by atoms with van der Waals surface area (Å²) in [7, 11) is 0. The van der Waals surface area contributed by atoms with E-state index < -0.39 is 17.7 Å². The van der Waals surface area contributed by atoms with Crippen LogP contribution >= 0.6 is 22.7 Å². The van der Waals surface area contributed by atoms with Crippen molar-refractivity contribution in [3.05, 3.63) is 46.7 Å². The minimum atomic E-state index is -0.707. The number of hydrogen-bond donors (Lipinski definition) is 3. The summed E-state index contributed by atoms with van der Waals surface area (Å²) in [5, 5.41) is 11.6. The molecule has 30 heavy (non-hydrogen) atoms. The molecule has 3 N–H and O–H groups in total. The molecule has 0 bridgehead atoms. The Morgan fingerprint density at radius 1 is 1.13 bits per heavy atom. The number of ether oxygens (including phenoxy) is 1. The molecule has 0 spiro atoms. The number of anilines is 1. The van der Waals surface area contributed by atoms with Gasteiger partial charge >= 0.3 is 6.09 Å². The molecular formula is C21H26N4O3S2. The van der Waals surface area contributed by atoms with Crippen molar-refractivity contribution < 1.29 is 14.3 Å². The van der Waals surface area contributed by atoms with Crippen LogP contribution in [0.4, 0.5) is 9.93 Å². The van der Waals surface area contributed by atoms with E-state index in [1.165, 1.54) is 0 Å². The van der Waals surface area contributed by atoms with Crippen LogP contribution in [0, 0.1) is 0 Å². The zero-order chi connectivity index (χ0) is 21.6. The third-order valence-corrected chi connectivity index (χ3v) is 5.88. The summed E-state index contributed by atoms with van der Waals surface area (Å²) in [5.74, 6) is -0.250. The van der Waals surface area contributed by atoms with Crippen LogP contribution in [0.5, 0.6) is 0 Å². The molecule has 0 saturated carbocycles. The maximum absolute atomic E-state index is 12.7. The van der Waals surface area contributed by atoms with E-state index >= 15 is 0 Å². The Bertz CT molecular complexity index is 947. The largest absolute Gasteiger partial charge is 0.444 e. The molecule has 2 aromatic heterocycles. The quantitative estimate of drug-likeness (QED) is 0.455. The van der Waals surface area contributed by atoms with E-state index in [1.807, 2.05) is 41.8 Å². The lowest BCUT2D eigenvalue weighted by molar-refractivity contribution is -0.123. The first-order chi connectivity index (χ1) is 14.3. The van der Waals surface area contributed by atoms with Crippen molar-refractivity contribution in [2.45, 2.75) is 38.8 Å². The van der Waals surface area contributed by atoms with Gasteiger partial charge in [0.15, 0.2) is 5.13 Å². The molecule has 0 unspecified atom stereocenters. The van der Waals surface area contributed by atoms with Crippen LogP contribution in [0.3, 0.4) is 0 Å². The Balaban J connectivity index is 1.52. The van der Waals surface area contributed by atoms with Crippen LogP contribution in [0.15, 0.2) is 41.8 Å². The molecule has 1 aromatic carbocycles. The summed E-state index contributed by atoms with van der Waals surface area (Å²) in [6.45, 7) is 6.30. The first-order valence-electron chi connectivity index (χ1n) is 9.69. The van der Waals surface area contributed by atoms with E-state index in [1.54, 1.807) is 43.4 Å². The van der Waals surface area contributed by atoms with E-state index in [9.17, 15) is 9.59 Å². The molecule has 0 aliphatic rings. The fraction of sp³-hybridized carbons (Fsp3) is 0.381. The predicted octanol–water partition coefficient (Wildman–Crippen LogP) is 4.02. The number of amides is 2. The highest BCUT2D eigenvalue weighted by atomic mass is 32.1. The van der Waals surface area contributed by atoms with E-state index in [0.29, 0.717) is 19.5 Å². The molecule has 7 nitrogen and oxygen atoms in total. The van der Waals surface area contributed by atoms with Crippen LogP contribution in [0.25, 0.3) is 10.2 Å². The second-order valence-electron chi connectivity index (χ2n) is 7.69. The monoisotopic (exact) mass is 446 g/mol. The zero-order valence-corrected chi connectivity index (χ0v) is 18.9. The number of carbonyl (C=O) groups is 2. The van der Waals surface area contributed by atoms with Gasteiger partial charge in [0.2, 0.25) is 5.91 Å². The van der Waals surface area contributed by atoms with E-state index in [0.717, 1.165) is 20.2 Å². The van der Waals surface area contributed by atoms with E-state index in [4.69, 9.17) is 4.74 Å². The molecule has 3 rings (SSSR count). The summed E-state index contributed by atoms with van der Waals surface area (Å²) >= 11 is 3.12. The van der Waals surface area contributed by atoms with Crippen molar-refractivity contribution in [3.8, 4) is 0 Å². The molecule has 9 heteroatoms. The molecule has 160 valence electrons. The predicted molar refractivity (Wildman–Crippen MR) is 122 cm³/mol. The molecular weight excluding hydrogens is 420 g/mol. The smallest absolute Gasteiger partial charge is 0.408 e. The van der Waals surface area contributed by atoms with Crippen LogP contribution in [0.1, 0.15) is 25.6 Å². The van der Waals surface area contributed by atoms with Gasteiger partial charge < -0.3 is 20.7 Å². The van der Waals surface area contributed by atoms with Crippen molar-refractivity contribution in [3.63, 3.8) is 0 Å². The van der Waals surface area contributed by atoms with Crippen molar-refractivity contribution in [2.24, 2.45) is 0 Å². The lowest BCUT2D eigenvalue weighted by atomic mass is 10.1. The highest BCUT2D eigenvalue weighted by molar-refractivity contribution is 7.22. The molecule has 0 aliphatic heterocycles. The number of para-hydroxylation sites is 1. The van der Waals surface area contributed by atoms with Gasteiger partial charge in [0, 0.05) is 24.4 Å². The highest BCUT2D eigenvalue weighted by Gasteiger charge is 2.24. The van der Waals surface area contributed by atoms with Crippen molar-refractivity contribution in [1.29, 1.82) is 0 Å². The summed E-state index contributed by atoms with van der Waals surface area (Å²) in [5.41, 5.74) is 0.321. The summed E-state index contributed by atoms with van der Waals surface area (Å²) in [4.78, 5) is 30.4. The van der Waals surface area contributed by atoms with Gasteiger partial charge in [-0.05, 0) is 44.4 Å². The van der Waals surface area contributed by atoms with Gasteiger partial charge in [-0.2, -0.15) is 0 Å². The van der Waals surface area contributed by atoms with Gasteiger partial charge in [0.1, 0.15) is 11.6 Å². The Labute approximate surface area is 183 Å². The number of aromatic nitrogens is 1. The van der Waals surface area contributed by atoms with Gasteiger partial charge in [-0.25, -0.2) is 9.78 Å². The molecule has 0 saturated heterocycles. The Morgan fingerprint density at radius 3 is 2.63 bits per heavy atom. The molecule has 1 atom stereocenters. The molecule has 0 fully saturated rings. The maximum Gasteiger partial charge on any atom is 0.408 e. The fourth-order valence-electron chi connectivity index (χ4n) is 2.72. The van der Waals surface area contributed by atoms with Gasteiger partial charge in [0.05, 0.1) is 10.2 Å². The number of hydrogen-bond acceptors (Lipinski definition) is 7. The minimum absolute atomic E-state index is 0.250. The third kappa shape index (κ3) is 6.70. The zero-order valence-electron chi connectivity index (χ0n) is 17.2. The number of benzene rings is 1. The average molecular weight is 447 g/mol. The van der Waals surface area contributed by atoms with Crippen molar-refractivity contribution >= 4 is 50.0 Å². The SMILES string of the molecule is CC(C)(C)OC(=O)N[C@@H](Cc1cccs1)C(=O)NCCNc1nc2ccccc2s1. The fourth-order valence-corrected chi connectivity index (χ4v) is 4.36. The lowest BCUT2D eigenvalue weighted by Gasteiger charge is -2.23. The van der Waals surface area contributed by atoms with Crippen LogP contribution < -0.4 is 16.0 Å². The first kappa shape index (κ1) is 22.0. The summed E-state index contributed by atoms with van der Waals surface area (Å²) in [6, 6.07) is 11.1. The summed E-state index contributed by atoms with van der Waals surface area (Å²) in [6.07, 6.45) is -0.194. The number of thiazole rings is 1. The van der Waals surface area contributed by atoms with Crippen molar-refractivity contribution in [1.82, 2.24) is 15.6 Å². The number of carbonyl (C=O) groups excluding carboxylic acids is 2. The standard InChI is InChI=1S/C21H26N4O3S2/c1-21(2,3)28-20(27)25-16(13-14-7-6-12-29-14)18(26)22-10-11-23-19-24-15-8-4-5-9-17(15)30-19/h4-9,12,16H,10-11,13H2,1-3H3,(H,22,26)(H,23,24)(H,25,27)/t16-/m0/s1. The van der Waals surface area contributed by atoms with Gasteiger partial charge in [-0.1, -0.05) is 29.5 Å². The molecule has 0 radical (unpaired) electrons. The number of fused-ring (bicyclic) bond motifs is 1. The second-order valence-corrected chi connectivity index (χ2v) is 9.75. The highest BCUT2D eigenvalue weighted by Crippen LogP contribution is 2.24. The number of alkyl carbamates (subject to hydrolysis) is 1. The average Bonchev–Trinajstić information content (AvgIpc) is 3.32. The molecule has 2 amide bonds. The van der Waals surface area contributed by atoms with Gasteiger partial charge in [-0.3, -0.25) is 4.79 Å². The Morgan fingerprint density at radius 2 is 1.93 bits per heavy atom. The van der Waals surface area contributed by atoms with Crippen LogP contribution in [0.2, 0.25) is 0 Å². The first-order valence-corrected chi connectivity index (χ1v) is 11.4. The van der Waals surface area contributed by atoms with E-state index in [2.05, 4.69) is 20.9 Å². The molecule has 0 aliphatic carbocycles. The Hall–Kier alpha value is -2.65. The second kappa shape index (κ2) is 9.90. The summed E-state index contributed by atoms with van der Waals surface area (Å²) < 4.78 is 6.42. The third-order valence-electron chi connectivity index (χ3n) is 3.99. The van der Waals surface area contributed by atoms with Crippen LogP contribution in [-0.4, -0.2) is 41.7 Å². The normalized spacial score (nSPS) is 12.4. The van der Waals surface area contributed by atoms with Crippen molar-refractivity contribution in [2.75, 3.05) is 18.4 Å².